The fraction of sp³-hybridized carbons (Fsp3) is 0.500. The second-order valence-electron chi connectivity index (χ2n) is 8.77. The molecular formula is C24H25F5O. The van der Waals surface area contributed by atoms with Crippen LogP contribution in [0.15, 0.2) is 30.3 Å². The highest BCUT2D eigenvalue weighted by molar-refractivity contribution is 5.41. The van der Waals surface area contributed by atoms with Crippen LogP contribution in [-0.4, -0.2) is 6.36 Å². The van der Waals surface area contributed by atoms with E-state index in [1.54, 1.807) is 6.07 Å². The summed E-state index contributed by atoms with van der Waals surface area (Å²) in [5.74, 6) is -0.725. The highest BCUT2D eigenvalue weighted by Crippen LogP contribution is 2.40. The summed E-state index contributed by atoms with van der Waals surface area (Å²) in [7, 11) is 0. The standard InChI is InChI=1S/C24H25F5O/c1-14-2-4-15(5-3-14)19-12-21(25)23(22(26)13-19)18-7-6-17-11-20(30-24(27,28)29)9-8-16(17)10-18/h8-9,11-15,18H,2-7,10H2,1H3. The van der Waals surface area contributed by atoms with Crippen molar-refractivity contribution in [3.8, 4) is 5.75 Å². The first kappa shape index (κ1) is 21.1. The lowest BCUT2D eigenvalue weighted by Gasteiger charge is -2.29. The van der Waals surface area contributed by atoms with Gasteiger partial charge in [0.05, 0.1) is 0 Å². The quantitative estimate of drug-likeness (QED) is 0.466. The van der Waals surface area contributed by atoms with Gasteiger partial charge in [0.25, 0.3) is 0 Å². The van der Waals surface area contributed by atoms with Gasteiger partial charge in [-0.2, -0.15) is 0 Å². The summed E-state index contributed by atoms with van der Waals surface area (Å²) in [6.45, 7) is 2.21. The molecule has 0 spiro atoms. The van der Waals surface area contributed by atoms with Crippen molar-refractivity contribution in [3.05, 3.63) is 64.2 Å². The Kier molecular flexibility index (Phi) is 5.78. The second kappa shape index (κ2) is 8.20. The van der Waals surface area contributed by atoms with Crippen molar-refractivity contribution in [2.75, 3.05) is 0 Å². The van der Waals surface area contributed by atoms with E-state index in [2.05, 4.69) is 11.7 Å². The third-order valence-corrected chi connectivity index (χ3v) is 6.64. The molecule has 0 saturated heterocycles. The Morgan fingerprint density at radius 3 is 2.13 bits per heavy atom. The number of halogens is 5. The average Bonchev–Trinajstić information content (AvgIpc) is 2.67. The zero-order chi connectivity index (χ0) is 21.5. The number of aryl methyl sites for hydroxylation is 1. The molecule has 0 amide bonds. The fourth-order valence-corrected chi connectivity index (χ4v) is 5.00. The van der Waals surface area contributed by atoms with Crippen LogP contribution in [0.1, 0.15) is 73.1 Å². The summed E-state index contributed by atoms with van der Waals surface area (Å²) in [6.07, 6.45) is 0.666. The highest BCUT2D eigenvalue weighted by Gasteiger charge is 2.32. The van der Waals surface area contributed by atoms with Crippen LogP contribution in [0.25, 0.3) is 0 Å². The SMILES string of the molecule is CC1CCC(c2cc(F)c(C3CCc4cc(OC(F)(F)F)ccc4C3)c(F)c2)CC1. The minimum absolute atomic E-state index is 0.101. The van der Waals surface area contributed by atoms with E-state index in [-0.39, 0.29) is 23.1 Å². The number of fused-ring (bicyclic) bond motifs is 1. The Labute approximate surface area is 173 Å². The average molecular weight is 424 g/mol. The van der Waals surface area contributed by atoms with Crippen LogP contribution < -0.4 is 4.74 Å². The molecule has 30 heavy (non-hydrogen) atoms. The first-order valence-electron chi connectivity index (χ1n) is 10.6. The Hall–Kier alpha value is -2.11. The van der Waals surface area contributed by atoms with Crippen molar-refractivity contribution in [2.45, 2.75) is 70.1 Å². The number of hydrogen-bond acceptors (Lipinski definition) is 1. The van der Waals surface area contributed by atoms with Crippen molar-refractivity contribution in [2.24, 2.45) is 5.92 Å². The number of hydrogen-bond donors (Lipinski definition) is 0. The van der Waals surface area contributed by atoms with Gasteiger partial charge in [0.2, 0.25) is 0 Å². The number of rotatable bonds is 3. The molecule has 2 aromatic rings. The zero-order valence-electron chi connectivity index (χ0n) is 16.9. The lowest BCUT2D eigenvalue weighted by Crippen LogP contribution is -2.19. The molecule has 1 nitrogen and oxygen atoms in total. The van der Waals surface area contributed by atoms with E-state index in [0.717, 1.165) is 42.4 Å². The Bertz CT molecular complexity index is 889. The van der Waals surface area contributed by atoms with E-state index in [1.165, 1.54) is 24.3 Å². The van der Waals surface area contributed by atoms with E-state index in [9.17, 15) is 22.0 Å². The molecule has 0 N–H and O–H groups in total. The van der Waals surface area contributed by atoms with Gasteiger partial charge < -0.3 is 4.74 Å². The van der Waals surface area contributed by atoms with Crippen molar-refractivity contribution in [1.29, 1.82) is 0 Å². The van der Waals surface area contributed by atoms with Crippen LogP contribution in [0.3, 0.4) is 0 Å². The topological polar surface area (TPSA) is 9.23 Å². The van der Waals surface area contributed by atoms with E-state index >= 15 is 0 Å². The van der Waals surface area contributed by atoms with Crippen LogP contribution in [0.4, 0.5) is 22.0 Å². The molecule has 1 atom stereocenters. The van der Waals surface area contributed by atoms with Crippen LogP contribution in [0, 0.1) is 17.6 Å². The first-order chi connectivity index (χ1) is 14.2. The molecule has 0 heterocycles. The van der Waals surface area contributed by atoms with Gasteiger partial charge in [0, 0.05) is 5.56 Å². The van der Waals surface area contributed by atoms with Crippen molar-refractivity contribution in [1.82, 2.24) is 0 Å². The maximum absolute atomic E-state index is 15.0. The zero-order valence-corrected chi connectivity index (χ0v) is 16.9. The Balaban J connectivity index is 1.53. The Morgan fingerprint density at radius 2 is 1.50 bits per heavy atom. The fourth-order valence-electron chi connectivity index (χ4n) is 5.00. The third-order valence-electron chi connectivity index (χ3n) is 6.64. The van der Waals surface area contributed by atoms with Gasteiger partial charge >= 0.3 is 6.36 Å². The van der Waals surface area contributed by atoms with E-state index in [4.69, 9.17) is 0 Å². The van der Waals surface area contributed by atoms with Gasteiger partial charge in [-0.3, -0.25) is 0 Å². The predicted octanol–water partition coefficient (Wildman–Crippen LogP) is 7.43. The minimum Gasteiger partial charge on any atom is -0.406 e. The van der Waals surface area contributed by atoms with Gasteiger partial charge in [-0.25, -0.2) is 8.78 Å². The molecule has 1 unspecified atom stereocenters. The lowest BCUT2D eigenvalue weighted by molar-refractivity contribution is -0.274. The lowest BCUT2D eigenvalue weighted by atomic mass is 9.77. The van der Waals surface area contributed by atoms with Gasteiger partial charge in [0.15, 0.2) is 0 Å². The molecule has 0 radical (unpaired) electrons. The maximum atomic E-state index is 15.0. The molecule has 2 aromatic carbocycles. The summed E-state index contributed by atoms with van der Waals surface area (Å²) >= 11 is 0. The minimum atomic E-state index is -4.74. The Morgan fingerprint density at radius 1 is 0.833 bits per heavy atom. The van der Waals surface area contributed by atoms with E-state index in [1.807, 2.05) is 0 Å². The van der Waals surface area contributed by atoms with Gasteiger partial charge in [-0.1, -0.05) is 25.8 Å². The molecule has 0 aromatic heterocycles. The summed E-state index contributed by atoms with van der Waals surface area (Å²) in [5, 5.41) is 0. The van der Waals surface area contributed by atoms with E-state index < -0.39 is 18.0 Å². The first-order valence-corrected chi connectivity index (χ1v) is 10.6. The molecule has 1 fully saturated rings. The molecule has 0 aliphatic heterocycles. The largest absolute Gasteiger partial charge is 0.573 e. The van der Waals surface area contributed by atoms with Crippen molar-refractivity contribution >= 4 is 0 Å². The molecular weight excluding hydrogens is 399 g/mol. The molecule has 4 rings (SSSR count). The third kappa shape index (κ3) is 4.62. The molecule has 6 heteroatoms. The van der Waals surface area contributed by atoms with Crippen LogP contribution in [0.2, 0.25) is 0 Å². The van der Waals surface area contributed by atoms with Gasteiger partial charge in [0.1, 0.15) is 17.4 Å². The summed E-state index contributed by atoms with van der Waals surface area (Å²) in [5.41, 5.74) is 2.39. The van der Waals surface area contributed by atoms with Crippen LogP contribution in [-0.2, 0) is 12.8 Å². The monoisotopic (exact) mass is 424 g/mol. The highest BCUT2D eigenvalue weighted by atomic mass is 19.4. The van der Waals surface area contributed by atoms with Gasteiger partial charge in [-0.15, -0.1) is 13.2 Å². The molecule has 0 bridgehead atoms. The van der Waals surface area contributed by atoms with Crippen molar-refractivity contribution < 1.29 is 26.7 Å². The molecule has 162 valence electrons. The van der Waals surface area contributed by atoms with Crippen molar-refractivity contribution in [3.63, 3.8) is 0 Å². The maximum Gasteiger partial charge on any atom is 0.573 e. The predicted molar refractivity (Wildman–Crippen MR) is 105 cm³/mol. The van der Waals surface area contributed by atoms with Crippen LogP contribution in [0.5, 0.6) is 5.75 Å². The van der Waals surface area contributed by atoms with Crippen LogP contribution >= 0.6 is 0 Å². The smallest absolute Gasteiger partial charge is 0.406 e. The molecule has 2 aliphatic rings. The number of ether oxygens (including phenoxy) is 1. The summed E-state index contributed by atoms with van der Waals surface area (Å²) in [6, 6.07) is 7.19. The molecule has 1 saturated carbocycles. The summed E-state index contributed by atoms with van der Waals surface area (Å²) < 4.78 is 71.2. The van der Waals surface area contributed by atoms with Gasteiger partial charge in [-0.05, 0) is 90.8 Å². The molecule has 2 aliphatic carbocycles. The normalized spacial score (nSPS) is 24.4. The van der Waals surface area contributed by atoms with E-state index in [0.29, 0.717) is 25.2 Å². The number of alkyl halides is 3. The number of benzene rings is 2. The summed E-state index contributed by atoms with van der Waals surface area (Å²) in [4.78, 5) is 0. The second-order valence-corrected chi connectivity index (χ2v) is 8.77.